The van der Waals surface area contributed by atoms with Crippen molar-refractivity contribution >= 4 is 21.6 Å². The molecule has 1 N–H and O–H groups in total. The van der Waals surface area contributed by atoms with Gasteiger partial charge in [-0.15, -0.1) is 0 Å². The molecule has 0 saturated carbocycles. The number of nitrogens with zero attached hydrogens (tertiary/aromatic N) is 2. The Bertz CT molecular complexity index is 1010. The second-order valence-electron chi connectivity index (χ2n) is 6.51. The fraction of sp³-hybridized carbons (Fsp3) is 0.333. The van der Waals surface area contributed by atoms with E-state index in [9.17, 15) is 17.6 Å². The lowest BCUT2D eigenvalue weighted by Gasteiger charge is -2.14. The molecule has 0 fully saturated rings. The molecule has 0 aliphatic heterocycles. The minimum absolute atomic E-state index is 0.0864. The van der Waals surface area contributed by atoms with Gasteiger partial charge in [-0.1, -0.05) is 0 Å². The molecule has 7 nitrogen and oxygen atoms in total. The van der Waals surface area contributed by atoms with E-state index in [0.717, 1.165) is 18.6 Å². The number of amides is 1. The summed E-state index contributed by atoms with van der Waals surface area (Å²) in [5, 5.41) is 4.07. The van der Waals surface area contributed by atoms with E-state index in [2.05, 4.69) is 9.93 Å². The zero-order chi connectivity index (χ0) is 19.8. The van der Waals surface area contributed by atoms with Crippen LogP contribution in [0, 0.1) is 12.7 Å². The fourth-order valence-electron chi connectivity index (χ4n) is 2.97. The van der Waals surface area contributed by atoms with Gasteiger partial charge in [-0.25, -0.2) is 4.39 Å². The monoisotopic (exact) mass is 393 g/mol. The number of hydrogen-bond acceptors (Lipinski definition) is 5. The van der Waals surface area contributed by atoms with Crippen LogP contribution in [0.5, 0.6) is 0 Å². The molecule has 1 aliphatic rings. The van der Waals surface area contributed by atoms with Crippen LogP contribution in [0.2, 0.25) is 0 Å². The van der Waals surface area contributed by atoms with Gasteiger partial charge in [-0.05, 0) is 44.0 Å². The molecule has 0 radical (unpaired) electrons. The van der Waals surface area contributed by atoms with E-state index in [1.807, 2.05) is 0 Å². The highest BCUT2D eigenvalue weighted by Gasteiger charge is 2.29. The molecular formula is C18H20FN3O4S. The molecule has 1 aromatic carbocycles. The summed E-state index contributed by atoms with van der Waals surface area (Å²) in [6, 6.07) is 4.47. The fourth-order valence-corrected chi connectivity index (χ4v) is 3.80. The summed E-state index contributed by atoms with van der Waals surface area (Å²) in [6.45, 7) is 1.76. The normalized spacial score (nSPS) is 15.5. The first-order valence-electron chi connectivity index (χ1n) is 8.39. The SMILES string of the molecule is Cc1c(C(=O)N(C)C)oc2c1/C(=N/NS(=O)(=O)c1ccc(F)cc1)CCC2. The second-order valence-corrected chi connectivity index (χ2v) is 8.18. The van der Waals surface area contributed by atoms with Gasteiger partial charge in [0, 0.05) is 31.6 Å². The Morgan fingerprint density at radius 3 is 2.52 bits per heavy atom. The highest BCUT2D eigenvalue weighted by molar-refractivity contribution is 7.89. The average Bonchev–Trinajstić information content (AvgIpc) is 2.97. The summed E-state index contributed by atoms with van der Waals surface area (Å²) >= 11 is 0. The maximum Gasteiger partial charge on any atom is 0.289 e. The molecule has 1 amide bonds. The van der Waals surface area contributed by atoms with E-state index in [-0.39, 0.29) is 16.6 Å². The summed E-state index contributed by atoms with van der Waals surface area (Å²) in [5.41, 5.74) is 1.83. The molecule has 0 unspecified atom stereocenters. The third-order valence-electron chi connectivity index (χ3n) is 4.35. The van der Waals surface area contributed by atoms with Gasteiger partial charge in [0.1, 0.15) is 11.6 Å². The highest BCUT2D eigenvalue weighted by Crippen LogP contribution is 2.30. The Hall–Kier alpha value is -2.68. The average molecular weight is 393 g/mol. The number of benzene rings is 1. The topological polar surface area (TPSA) is 92.0 Å². The molecule has 1 aromatic heterocycles. The van der Waals surface area contributed by atoms with Crippen molar-refractivity contribution in [1.82, 2.24) is 9.73 Å². The zero-order valence-corrected chi connectivity index (χ0v) is 16.1. The van der Waals surface area contributed by atoms with Gasteiger partial charge in [0.05, 0.1) is 10.6 Å². The molecule has 9 heteroatoms. The van der Waals surface area contributed by atoms with E-state index >= 15 is 0 Å². The van der Waals surface area contributed by atoms with Crippen molar-refractivity contribution in [2.24, 2.45) is 5.10 Å². The van der Waals surface area contributed by atoms with Crippen LogP contribution in [0.4, 0.5) is 4.39 Å². The summed E-state index contributed by atoms with van der Waals surface area (Å²) < 4.78 is 43.5. The zero-order valence-electron chi connectivity index (χ0n) is 15.2. The van der Waals surface area contributed by atoms with Crippen LogP contribution in [0.3, 0.4) is 0 Å². The summed E-state index contributed by atoms with van der Waals surface area (Å²) in [4.78, 5) is 15.8. The quantitative estimate of drug-likeness (QED) is 0.808. The van der Waals surface area contributed by atoms with Gasteiger partial charge < -0.3 is 9.32 Å². The maximum absolute atomic E-state index is 13.0. The lowest BCUT2D eigenvalue weighted by atomic mass is 9.93. The van der Waals surface area contributed by atoms with Crippen LogP contribution in [0.25, 0.3) is 0 Å². The van der Waals surface area contributed by atoms with Crippen molar-refractivity contribution in [1.29, 1.82) is 0 Å². The van der Waals surface area contributed by atoms with Crippen molar-refractivity contribution in [2.75, 3.05) is 14.1 Å². The molecule has 27 heavy (non-hydrogen) atoms. The summed E-state index contributed by atoms with van der Waals surface area (Å²) in [5.74, 6) is 0.0853. The molecule has 0 saturated heterocycles. The molecule has 0 spiro atoms. The van der Waals surface area contributed by atoms with Crippen LogP contribution >= 0.6 is 0 Å². The molecule has 3 rings (SSSR count). The van der Waals surface area contributed by atoms with Crippen LogP contribution in [0.15, 0.2) is 38.7 Å². The lowest BCUT2D eigenvalue weighted by molar-refractivity contribution is 0.0793. The number of carbonyl (C=O) groups excluding carboxylic acids is 1. The number of hydrogen-bond donors (Lipinski definition) is 1. The molecule has 1 heterocycles. The third kappa shape index (κ3) is 3.73. The molecule has 2 aromatic rings. The van der Waals surface area contributed by atoms with Crippen LogP contribution in [-0.4, -0.2) is 39.0 Å². The number of fused-ring (bicyclic) bond motifs is 1. The van der Waals surface area contributed by atoms with Gasteiger partial charge >= 0.3 is 0 Å². The van der Waals surface area contributed by atoms with Crippen LogP contribution < -0.4 is 4.83 Å². The van der Waals surface area contributed by atoms with E-state index in [4.69, 9.17) is 4.42 Å². The van der Waals surface area contributed by atoms with Gasteiger partial charge in [-0.2, -0.15) is 18.4 Å². The summed E-state index contributed by atoms with van der Waals surface area (Å²) in [7, 11) is -0.657. The largest absolute Gasteiger partial charge is 0.455 e. The minimum Gasteiger partial charge on any atom is -0.455 e. The first-order valence-corrected chi connectivity index (χ1v) is 9.87. The van der Waals surface area contributed by atoms with Crippen LogP contribution in [-0.2, 0) is 16.4 Å². The van der Waals surface area contributed by atoms with Crippen LogP contribution in [0.1, 0.15) is 40.3 Å². The predicted octanol–water partition coefficient (Wildman–Crippen LogP) is 2.45. The molecule has 0 bridgehead atoms. The number of nitrogens with one attached hydrogen (secondary N) is 1. The first-order chi connectivity index (χ1) is 12.7. The standard InChI is InChI=1S/C18H20FN3O4S/c1-11-16-14(5-4-6-15(16)26-17(11)18(23)22(2)3)20-21-27(24,25)13-9-7-12(19)8-10-13/h7-10,21H,4-6H2,1-3H3/b20-14+. The Labute approximate surface area is 156 Å². The van der Waals surface area contributed by atoms with E-state index in [0.29, 0.717) is 35.4 Å². The molecule has 144 valence electrons. The van der Waals surface area contributed by atoms with E-state index < -0.39 is 15.8 Å². The van der Waals surface area contributed by atoms with E-state index in [1.165, 1.54) is 17.0 Å². The van der Waals surface area contributed by atoms with Crippen molar-refractivity contribution < 1.29 is 22.0 Å². The number of carbonyl (C=O) groups is 1. The minimum atomic E-state index is -3.92. The Kier molecular flexibility index (Phi) is 5.05. The van der Waals surface area contributed by atoms with Gasteiger partial charge in [0.15, 0.2) is 5.76 Å². The van der Waals surface area contributed by atoms with Gasteiger partial charge in [0.25, 0.3) is 15.9 Å². The van der Waals surface area contributed by atoms with Crippen molar-refractivity contribution in [3.05, 3.63) is 52.7 Å². The third-order valence-corrected chi connectivity index (χ3v) is 5.58. The van der Waals surface area contributed by atoms with E-state index in [1.54, 1.807) is 21.0 Å². The Morgan fingerprint density at radius 2 is 1.89 bits per heavy atom. The Morgan fingerprint density at radius 1 is 1.22 bits per heavy atom. The molecular weight excluding hydrogens is 373 g/mol. The highest BCUT2D eigenvalue weighted by atomic mass is 32.2. The number of hydrazone groups is 1. The Balaban J connectivity index is 1.93. The number of aryl methyl sites for hydroxylation is 1. The van der Waals surface area contributed by atoms with Crippen molar-refractivity contribution in [2.45, 2.75) is 31.1 Å². The first kappa shape index (κ1) is 19.1. The van der Waals surface area contributed by atoms with Gasteiger partial charge in [0.2, 0.25) is 0 Å². The van der Waals surface area contributed by atoms with Crippen molar-refractivity contribution in [3.63, 3.8) is 0 Å². The predicted molar refractivity (Wildman–Crippen MR) is 97.7 cm³/mol. The number of sulfonamides is 1. The molecule has 1 aliphatic carbocycles. The molecule has 0 atom stereocenters. The lowest BCUT2D eigenvalue weighted by Crippen LogP contribution is -2.23. The van der Waals surface area contributed by atoms with Crippen molar-refractivity contribution in [3.8, 4) is 0 Å². The summed E-state index contributed by atoms with van der Waals surface area (Å²) in [6.07, 6.45) is 1.93. The smallest absolute Gasteiger partial charge is 0.289 e. The number of furan rings is 1. The second kappa shape index (κ2) is 7.15. The maximum atomic E-state index is 13.0. The number of halogens is 1. The number of rotatable bonds is 4. The van der Waals surface area contributed by atoms with Gasteiger partial charge in [-0.3, -0.25) is 4.79 Å².